The molecular formula is C32H34F2N4O2. The van der Waals surface area contributed by atoms with Gasteiger partial charge in [0.15, 0.2) is 17.4 Å². The maximum absolute atomic E-state index is 13.9. The lowest BCUT2D eigenvalue weighted by molar-refractivity contribution is -0.130. The van der Waals surface area contributed by atoms with Crippen LogP contribution in [0.2, 0.25) is 0 Å². The Kier molecular flexibility index (Phi) is 9.56. The Morgan fingerprint density at radius 3 is 2.38 bits per heavy atom. The van der Waals surface area contributed by atoms with Crippen LogP contribution < -0.4 is 11.1 Å². The average Bonchev–Trinajstić information content (AvgIpc) is 2.94. The van der Waals surface area contributed by atoms with Crippen molar-refractivity contribution < 1.29 is 18.4 Å². The summed E-state index contributed by atoms with van der Waals surface area (Å²) in [5.74, 6) is -1.98. The van der Waals surface area contributed by atoms with Crippen molar-refractivity contribution in [1.29, 1.82) is 0 Å². The van der Waals surface area contributed by atoms with E-state index < -0.39 is 23.7 Å². The number of halogens is 2. The zero-order chi connectivity index (χ0) is 28.6. The van der Waals surface area contributed by atoms with E-state index in [1.807, 2.05) is 73.6 Å². The fourth-order valence-corrected chi connectivity index (χ4v) is 4.84. The third-order valence-corrected chi connectivity index (χ3v) is 7.12. The molecule has 0 aliphatic carbocycles. The molecule has 0 bridgehead atoms. The number of aryl methyl sites for hydroxylation is 2. The molecular weight excluding hydrogens is 510 g/mol. The van der Waals surface area contributed by atoms with Gasteiger partial charge in [0.25, 0.3) is 0 Å². The predicted octanol–water partition coefficient (Wildman–Crippen LogP) is 4.89. The summed E-state index contributed by atoms with van der Waals surface area (Å²) < 4.78 is 27.5. The summed E-state index contributed by atoms with van der Waals surface area (Å²) in [5, 5.41) is 4.69. The number of fused-ring (bicyclic) bond motifs is 1. The molecule has 6 nitrogen and oxygen atoms in total. The number of ketones is 1. The normalized spacial score (nSPS) is 12.8. The first-order chi connectivity index (χ1) is 19.2. The number of nitrogens with zero attached hydrogens (tertiary/aromatic N) is 2. The van der Waals surface area contributed by atoms with Crippen molar-refractivity contribution in [1.82, 2.24) is 15.2 Å². The van der Waals surface area contributed by atoms with Gasteiger partial charge in [0.2, 0.25) is 5.91 Å². The van der Waals surface area contributed by atoms with Gasteiger partial charge in [0, 0.05) is 18.0 Å². The molecule has 0 aliphatic rings. The van der Waals surface area contributed by atoms with Crippen molar-refractivity contribution >= 4 is 28.3 Å². The van der Waals surface area contributed by atoms with Gasteiger partial charge >= 0.3 is 0 Å². The summed E-state index contributed by atoms with van der Waals surface area (Å²) >= 11 is 0. The van der Waals surface area contributed by atoms with Crippen molar-refractivity contribution in [3.05, 3.63) is 107 Å². The third kappa shape index (κ3) is 7.48. The molecule has 1 aromatic heterocycles. The number of anilines is 1. The number of likely N-dealkylation sites (N-methyl/N-ethyl adjacent to an activating group) is 1. The second kappa shape index (κ2) is 13.3. The molecule has 2 atom stereocenters. The second-order valence-electron chi connectivity index (χ2n) is 10.2. The quantitative estimate of drug-likeness (QED) is 0.265. The monoisotopic (exact) mass is 544 g/mol. The number of carbonyl (C=O) groups is 2. The molecule has 0 saturated carbocycles. The van der Waals surface area contributed by atoms with E-state index >= 15 is 0 Å². The molecule has 0 saturated heterocycles. The van der Waals surface area contributed by atoms with E-state index in [1.54, 1.807) is 6.20 Å². The highest BCUT2D eigenvalue weighted by Gasteiger charge is 2.27. The number of carbonyl (C=O) groups excluding carboxylic acids is 2. The third-order valence-electron chi connectivity index (χ3n) is 7.12. The smallest absolute Gasteiger partial charge is 0.237 e. The Hall–Kier alpha value is -4.17. The fraction of sp³-hybridized carbons (Fsp3) is 0.281. The second-order valence-corrected chi connectivity index (χ2v) is 10.2. The van der Waals surface area contributed by atoms with Crippen LogP contribution >= 0.6 is 0 Å². The van der Waals surface area contributed by atoms with Crippen LogP contribution in [0.5, 0.6) is 0 Å². The van der Waals surface area contributed by atoms with Gasteiger partial charge in [0.05, 0.1) is 12.1 Å². The summed E-state index contributed by atoms with van der Waals surface area (Å²) in [6, 6.07) is 19.7. The number of amides is 1. The standard InChI is InChI=1S/C32H34F2N4O2/c1-38(2)29(14-10-21-6-4-3-5-7-21)32(40)37-28(20-23-9-13-26(33)27(34)19-23)30(39)15-11-22-8-12-25-24(18-22)16-17-36-31(25)35/h3-9,12-13,16-19,28-29H,10-11,14-15,20H2,1-2H3,(H2,35,36)(H,37,40)/t28-,29+/m0/s1. The minimum absolute atomic E-state index is 0.0561. The molecule has 1 heterocycles. The topological polar surface area (TPSA) is 88.3 Å². The van der Waals surface area contributed by atoms with Crippen LogP contribution in [0.4, 0.5) is 14.6 Å². The average molecular weight is 545 g/mol. The van der Waals surface area contributed by atoms with Crippen LogP contribution in [0, 0.1) is 11.6 Å². The van der Waals surface area contributed by atoms with Gasteiger partial charge in [-0.05, 0) is 80.1 Å². The van der Waals surface area contributed by atoms with Crippen LogP contribution in [0.3, 0.4) is 0 Å². The molecule has 0 aliphatic heterocycles. The number of rotatable bonds is 12. The Bertz CT molecular complexity index is 1480. The lowest BCUT2D eigenvalue weighted by Crippen LogP contribution is -2.50. The maximum atomic E-state index is 13.9. The van der Waals surface area contributed by atoms with Crippen molar-refractivity contribution in [2.24, 2.45) is 0 Å². The predicted molar refractivity (Wildman–Crippen MR) is 154 cm³/mol. The van der Waals surface area contributed by atoms with Crippen LogP contribution in [-0.4, -0.2) is 47.8 Å². The molecule has 4 rings (SSSR count). The Labute approximate surface area is 233 Å². The zero-order valence-corrected chi connectivity index (χ0v) is 22.7. The van der Waals surface area contributed by atoms with Crippen molar-refractivity contribution in [3.8, 4) is 0 Å². The lowest BCUT2D eigenvalue weighted by Gasteiger charge is -2.26. The zero-order valence-electron chi connectivity index (χ0n) is 22.7. The van der Waals surface area contributed by atoms with Gasteiger partial charge in [-0.15, -0.1) is 0 Å². The van der Waals surface area contributed by atoms with E-state index in [1.165, 1.54) is 6.07 Å². The number of pyridine rings is 1. The highest BCUT2D eigenvalue weighted by Crippen LogP contribution is 2.21. The van der Waals surface area contributed by atoms with Crippen molar-refractivity contribution in [2.45, 2.75) is 44.2 Å². The van der Waals surface area contributed by atoms with E-state index in [2.05, 4.69) is 10.3 Å². The number of benzene rings is 3. The number of aromatic nitrogens is 1. The molecule has 0 spiro atoms. The highest BCUT2D eigenvalue weighted by atomic mass is 19.2. The molecule has 40 heavy (non-hydrogen) atoms. The summed E-state index contributed by atoms with van der Waals surface area (Å²) in [5.41, 5.74) is 8.43. The van der Waals surface area contributed by atoms with Gasteiger partial charge in [-0.25, -0.2) is 13.8 Å². The number of nitrogens with two attached hydrogens (primary N) is 1. The summed E-state index contributed by atoms with van der Waals surface area (Å²) in [7, 11) is 3.65. The van der Waals surface area contributed by atoms with E-state index in [0.29, 0.717) is 30.6 Å². The van der Waals surface area contributed by atoms with Gasteiger partial charge < -0.3 is 11.1 Å². The van der Waals surface area contributed by atoms with Crippen LogP contribution in [0.15, 0.2) is 79.0 Å². The lowest BCUT2D eigenvalue weighted by atomic mass is 9.96. The van der Waals surface area contributed by atoms with Gasteiger partial charge in [0.1, 0.15) is 5.82 Å². The summed E-state index contributed by atoms with van der Waals surface area (Å²) in [6.45, 7) is 0. The molecule has 0 unspecified atom stereocenters. The van der Waals surface area contributed by atoms with Crippen LogP contribution in [0.1, 0.15) is 29.5 Å². The van der Waals surface area contributed by atoms with Crippen LogP contribution in [-0.2, 0) is 28.9 Å². The summed E-state index contributed by atoms with van der Waals surface area (Å²) in [6.07, 6.45) is 3.56. The molecule has 0 fully saturated rings. The van der Waals surface area contributed by atoms with E-state index in [-0.39, 0.29) is 24.5 Å². The minimum atomic E-state index is -0.992. The van der Waals surface area contributed by atoms with Crippen LogP contribution in [0.25, 0.3) is 10.8 Å². The molecule has 208 valence electrons. The van der Waals surface area contributed by atoms with Gasteiger partial charge in [-0.1, -0.05) is 54.6 Å². The molecule has 0 radical (unpaired) electrons. The van der Waals surface area contributed by atoms with Gasteiger partial charge in [-0.2, -0.15) is 0 Å². The first-order valence-corrected chi connectivity index (χ1v) is 13.3. The van der Waals surface area contributed by atoms with Crippen molar-refractivity contribution in [2.75, 3.05) is 19.8 Å². The van der Waals surface area contributed by atoms with E-state index in [9.17, 15) is 18.4 Å². The number of nitrogen functional groups attached to an aromatic ring is 1. The Morgan fingerprint density at radius 1 is 0.900 bits per heavy atom. The maximum Gasteiger partial charge on any atom is 0.237 e. The number of nitrogens with one attached hydrogen (secondary N) is 1. The van der Waals surface area contributed by atoms with Crippen molar-refractivity contribution in [3.63, 3.8) is 0 Å². The molecule has 3 N–H and O–H groups in total. The molecule has 3 aromatic carbocycles. The Balaban J connectivity index is 1.49. The largest absolute Gasteiger partial charge is 0.383 e. The van der Waals surface area contributed by atoms with E-state index in [0.717, 1.165) is 34.0 Å². The number of Topliss-reactive ketones (excluding diaryl/α,β-unsaturated/α-hetero) is 1. The number of hydrogen-bond donors (Lipinski definition) is 2. The SMILES string of the molecule is CN(C)[C@H](CCc1ccccc1)C(=O)N[C@@H](Cc1ccc(F)c(F)c1)C(=O)CCc1ccc2c(N)nccc2c1. The molecule has 1 amide bonds. The van der Waals surface area contributed by atoms with E-state index in [4.69, 9.17) is 5.73 Å². The van der Waals surface area contributed by atoms with Gasteiger partial charge in [-0.3, -0.25) is 14.5 Å². The molecule has 4 aromatic rings. The first kappa shape index (κ1) is 28.8. The number of hydrogen-bond acceptors (Lipinski definition) is 5. The molecule has 8 heteroatoms. The highest BCUT2D eigenvalue weighted by molar-refractivity contribution is 5.92. The Morgan fingerprint density at radius 2 is 1.65 bits per heavy atom. The summed E-state index contributed by atoms with van der Waals surface area (Å²) in [4.78, 5) is 32.8. The fourth-order valence-electron chi connectivity index (χ4n) is 4.84. The first-order valence-electron chi connectivity index (χ1n) is 13.3. The minimum Gasteiger partial charge on any atom is -0.383 e.